The predicted molar refractivity (Wildman–Crippen MR) is 450 cm³/mol. The molecule has 4 aromatic heterocycles. The molecule has 106 heavy (non-hydrogen) atoms. The van der Waals surface area contributed by atoms with Crippen LogP contribution in [0.25, 0.3) is 162 Å². The van der Waals surface area contributed by atoms with Crippen LogP contribution in [-0.4, -0.2) is 18.3 Å². The number of pyridine rings is 4. The van der Waals surface area contributed by atoms with Crippen molar-refractivity contribution in [3.63, 3.8) is 0 Å². The molecule has 0 bridgehead atoms. The summed E-state index contributed by atoms with van der Waals surface area (Å²) in [5.41, 5.74) is -2.63. The summed E-state index contributed by atoms with van der Waals surface area (Å²) >= 11 is 0. The molecule has 0 radical (unpaired) electrons. The number of unbranched alkanes of at least 4 members (excludes halogenated alkanes) is 16. The van der Waals surface area contributed by atoms with Crippen molar-refractivity contribution in [3.05, 3.63) is 156 Å². The predicted octanol–water partition coefficient (Wildman–Crippen LogP) is 23.4. The molecule has 0 N–H and O–H groups in total. The van der Waals surface area contributed by atoms with E-state index in [4.69, 9.17) is 0 Å². The van der Waals surface area contributed by atoms with Gasteiger partial charge in [0.2, 0.25) is 0 Å². The highest BCUT2D eigenvalue weighted by Gasteiger charge is 2.35. The van der Waals surface area contributed by atoms with Crippen molar-refractivity contribution < 1.29 is 0 Å². The standard InChI is InChI=1S/C94H104N4O8/c1-9-17-25-33-53(34-26-18-10-2)95-87(99)61-45-41-57-58-42-46-62-74-71(93(105)97(88(62)100)55(37-29-21-13-5)38-30-22-14-6)51-67-78-68-52-72-76-64(90(102)98(94(72)106)56(39-31-23-15-7)40-32-24-16-8)48-44-60-59-43-47-63-75-70(92(104)96(89(63)101)54(35-27-19-11-3)36-28-20-12-4)50-66(85(81(59)75)86(68)82(60)76)77(78)65-49-69(91(95)103)73(61)79(57)83(65)84(67)80(58)74/h41-56H,9-40H2,1-8H3. The van der Waals surface area contributed by atoms with Crippen LogP contribution in [0.1, 0.15) is 285 Å². The van der Waals surface area contributed by atoms with Gasteiger partial charge < -0.3 is 0 Å². The maximum absolute atomic E-state index is 16.6. The molecular formula is C94H104N4O8. The van der Waals surface area contributed by atoms with Gasteiger partial charge in [-0.1, -0.05) is 234 Å². The summed E-state index contributed by atoms with van der Waals surface area (Å²) in [5.74, 6) is 0. The maximum Gasteiger partial charge on any atom is 0.261 e. The van der Waals surface area contributed by atoms with Crippen LogP contribution < -0.4 is 44.5 Å². The van der Waals surface area contributed by atoms with Crippen LogP contribution in [-0.2, 0) is 0 Å². The first kappa shape index (κ1) is 71.4. The summed E-state index contributed by atoms with van der Waals surface area (Å²) in [5, 5.41) is 19.2. The summed E-state index contributed by atoms with van der Waals surface area (Å²) in [6.07, 6.45) is 28.0. The van der Waals surface area contributed by atoms with E-state index < -0.39 is 0 Å². The summed E-state index contributed by atoms with van der Waals surface area (Å²) in [4.78, 5) is 130. The Kier molecular flexibility index (Phi) is 19.5. The highest BCUT2D eigenvalue weighted by atomic mass is 16.2. The molecule has 548 valence electrons. The van der Waals surface area contributed by atoms with E-state index in [-0.39, 0.29) is 68.6 Å². The average molecular weight is 1420 g/mol. The molecule has 0 aliphatic heterocycles. The van der Waals surface area contributed by atoms with Crippen molar-refractivity contribution in [1.29, 1.82) is 0 Å². The van der Waals surface area contributed by atoms with Crippen molar-refractivity contribution in [3.8, 4) is 0 Å². The second-order valence-electron chi connectivity index (χ2n) is 32.3. The molecule has 0 aliphatic carbocycles. The Balaban J connectivity index is 1.19. The molecule has 0 unspecified atom stereocenters. The van der Waals surface area contributed by atoms with E-state index >= 15 is 38.4 Å². The van der Waals surface area contributed by atoms with Crippen molar-refractivity contribution in [2.45, 2.75) is 285 Å². The third-order valence-electron chi connectivity index (χ3n) is 25.7. The molecule has 12 heteroatoms. The SMILES string of the molecule is CCCCCC(CCCCC)n1c(=O)c2ccc3c4ccc5c(=O)n(C(CCCCC)CCCCC)c(=O)c6cc7c8c9cc%10c(=O)n(C(CCCCC)CCCCC)c(=O)c%11ccc%12c%13ccc%14c(=O)n(C(CCCCC)CCCCC)c(=O)c%15cc(c8c8cc(c1=O)c2c3c8c7c4c56)c(c%13c%14%15)c9c%12c%11%10. The van der Waals surface area contributed by atoms with Crippen molar-refractivity contribution in [2.24, 2.45) is 0 Å². The second kappa shape index (κ2) is 29.0. The maximum atomic E-state index is 16.6. The molecule has 16 rings (SSSR count). The number of nitrogens with zero attached hydrogens (tertiary/aromatic N) is 4. The zero-order valence-electron chi connectivity index (χ0n) is 63.9. The monoisotopic (exact) mass is 1420 g/mol. The lowest BCUT2D eigenvalue weighted by Crippen LogP contribution is -2.37. The molecule has 12 nitrogen and oxygen atoms in total. The lowest BCUT2D eigenvalue weighted by atomic mass is 9.76. The average Bonchev–Trinajstić information content (AvgIpc) is 0.652. The Morgan fingerprint density at radius 3 is 0.491 bits per heavy atom. The van der Waals surface area contributed by atoms with E-state index in [1.165, 1.54) is 0 Å². The molecule has 12 aromatic carbocycles. The Morgan fingerprint density at radius 1 is 0.179 bits per heavy atom. The van der Waals surface area contributed by atoms with Crippen molar-refractivity contribution in [1.82, 2.24) is 18.3 Å². The zero-order valence-corrected chi connectivity index (χ0v) is 63.9. The van der Waals surface area contributed by atoms with E-state index in [2.05, 4.69) is 55.4 Å². The molecule has 0 atom stereocenters. The number of aromatic nitrogens is 4. The summed E-state index contributed by atoms with van der Waals surface area (Å²) in [6, 6.07) is 22.5. The Hall–Kier alpha value is -8.90. The summed E-state index contributed by atoms with van der Waals surface area (Å²) < 4.78 is 6.36. The van der Waals surface area contributed by atoms with Crippen molar-refractivity contribution >= 4 is 162 Å². The fraction of sp³-hybridized carbons (Fsp3) is 0.468. The fourth-order valence-electron chi connectivity index (χ4n) is 20.6. The van der Waals surface area contributed by atoms with E-state index in [1.807, 2.05) is 72.8 Å². The van der Waals surface area contributed by atoms with E-state index in [9.17, 15) is 0 Å². The molecule has 0 spiro atoms. The zero-order chi connectivity index (χ0) is 73.7. The fourth-order valence-corrected chi connectivity index (χ4v) is 20.6. The topological polar surface area (TPSA) is 156 Å². The lowest BCUT2D eigenvalue weighted by molar-refractivity contribution is 0.387. The minimum Gasteiger partial charge on any atom is -0.271 e. The van der Waals surface area contributed by atoms with Gasteiger partial charge in [-0.25, -0.2) is 0 Å². The van der Waals surface area contributed by atoms with Crippen LogP contribution >= 0.6 is 0 Å². The third kappa shape index (κ3) is 10.8. The number of hydrogen-bond acceptors (Lipinski definition) is 8. The smallest absolute Gasteiger partial charge is 0.261 e. The van der Waals surface area contributed by atoms with Crippen LogP contribution in [0.5, 0.6) is 0 Å². The van der Waals surface area contributed by atoms with Crippen molar-refractivity contribution in [2.75, 3.05) is 0 Å². The van der Waals surface area contributed by atoms with Gasteiger partial charge in [-0.05, 0) is 197 Å². The van der Waals surface area contributed by atoms with E-state index in [0.29, 0.717) is 148 Å². The number of fused-ring (bicyclic) bond motifs is 7. The normalized spacial score (nSPS) is 13.1. The van der Waals surface area contributed by atoms with Gasteiger partial charge in [0, 0.05) is 88.8 Å². The first-order valence-electron chi connectivity index (χ1n) is 41.6. The Bertz CT molecular complexity index is 5700. The molecule has 0 aliphatic rings. The quantitative estimate of drug-likeness (QED) is 0.0213. The Morgan fingerprint density at radius 2 is 0.321 bits per heavy atom. The van der Waals surface area contributed by atoms with Gasteiger partial charge in [0.1, 0.15) is 0 Å². The van der Waals surface area contributed by atoms with E-state index in [1.54, 1.807) is 18.3 Å². The van der Waals surface area contributed by atoms with Crippen LogP contribution in [0.2, 0.25) is 0 Å². The first-order valence-corrected chi connectivity index (χ1v) is 41.6. The van der Waals surface area contributed by atoms with Crippen LogP contribution in [0, 0.1) is 0 Å². The summed E-state index contributed by atoms with van der Waals surface area (Å²) in [6.45, 7) is 17.4. The van der Waals surface area contributed by atoms with Gasteiger partial charge >= 0.3 is 0 Å². The molecule has 0 fully saturated rings. The van der Waals surface area contributed by atoms with Gasteiger partial charge in [0.05, 0.1) is 0 Å². The summed E-state index contributed by atoms with van der Waals surface area (Å²) in [7, 11) is 0. The Labute approximate surface area is 617 Å². The molecule has 16 aromatic rings. The highest BCUT2D eigenvalue weighted by Crippen LogP contribution is 2.57. The van der Waals surface area contributed by atoms with Gasteiger partial charge in [0.25, 0.3) is 44.5 Å². The molecule has 0 amide bonds. The van der Waals surface area contributed by atoms with Gasteiger partial charge in [0.15, 0.2) is 0 Å². The van der Waals surface area contributed by atoms with Crippen LogP contribution in [0.3, 0.4) is 0 Å². The van der Waals surface area contributed by atoms with Gasteiger partial charge in [-0.3, -0.25) is 56.6 Å². The van der Waals surface area contributed by atoms with E-state index in [0.717, 1.165) is 219 Å². The minimum atomic E-state index is -0.349. The number of hydrogen-bond donors (Lipinski definition) is 0. The van der Waals surface area contributed by atoms with Crippen LogP contribution in [0.4, 0.5) is 0 Å². The van der Waals surface area contributed by atoms with Crippen LogP contribution in [0.15, 0.2) is 111 Å². The number of benzene rings is 12. The molecule has 0 saturated heterocycles. The molecule has 4 heterocycles. The lowest BCUT2D eigenvalue weighted by Gasteiger charge is -2.28. The largest absolute Gasteiger partial charge is 0.271 e. The van der Waals surface area contributed by atoms with Gasteiger partial charge in [-0.2, -0.15) is 0 Å². The highest BCUT2D eigenvalue weighted by molar-refractivity contribution is 6.56. The molecular weight excluding hydrogens is 1310 g/mol. The molecule has 0 saturated carbocycles. The minimum absolute atomic E-state index is 0.308. The van der Waals surface area contributed by atoms with Gasteiger partial charge in [-0.15, -0.1) is 0 Å². The first-order chi connectivity index (χ1) is 51.7. The third-order valence-corrected chi connectivity index (χ3v) is 25.7. The second-order valence-corrected chi connectivity index (χ2v) is 32.3. The number of rotatable bonds is 36.